The number of aromatic nitrogens is 3. The zero-order valence-corrected chi connectivity index (χ0v) is 16.9. The van der Waals surface area contributed by atoms with Crippen LogP contribution >= 0.6 is 11.8 Å². The zero-order valence-electron chi connectivity index (χ0n) is 16.0. The SMILES string of the molecule is CCSc1cnc(C(=O)Cc2ccnc(C3(C)CC(=O)N(C)C(N)=N3)c2)cn1. The van der Waals surface area contributed by atoms with Crippen molar-refractivity contribution in [3.63, 3.8) is 0 Å². The van der Waals surface area contributed by atoms with Crippen molar-refractivity contribution in [1.29, 1.82) is 0 Å². The number of guanidine groups is 1. The molecule has 0 radical (unpaired) electrons. The summed E-state index contributed by atoms with van der Waals surface area (Å²) in [6.45, 7) is 3.84. The molecule has 0 aromatic carbocycles. The molecular weight excluding hydrogens is 376 g/mol. The number of carbonyl (C=O) groups is 2. The second-order valence-corrected chi connectivity index (χ2v) is 7.98. The van der Waals surface area contributed by atoms with Gasteiger partial charge < -0.3 is 5.73 Å². The van der Waals surface area contributed by atoms with Crippen molar-refractivity contribution in [3.8, 4) is 0 Å². The number of hydrogen-bond acceptors (Lipinski definition) is 8. The van der Waals surface area contributed by atoms with Crippen molar-refractivity contribution in [2.45, 2.75) is 37.3 Å². The van der Waals surface area contributed by atoms with E-state index in [1.54, 1.807) is 43.3 Å². The van der Waals surface area contributed by atoms with Crippen LogP contribution in [0.2, 0.25) is 0 Å². The number of pyridine rings is 1. The van der Waals surface area contributed by atoms with Crippen molar-refractivity contribution in [3.05, 3.63) is 47.7 Å². The molecule has 1 amide bonds. The maximum Gasteiger partial charge on any atom is 0.231 e. The summed E-state index contributed by atoms with van der Waals surface area (Å²) in [7, 11) is 1.59. The third-order valence-corrected chi connectivity index (χ3v) is 5.32. The number of aliphatic imine (C=N–C) groups is 1. The van der Waals surface area contributed by atoms with Gasteiger partial charge in [-0.15, -0.1) is 11.8 Å². The van der Waals surface area contributed by atoms with Crippen LogP contribution in [0.3, 0.4) is 0 Å². The van der Waals surface area contributed by atoms with E-state index in [9.17, 15) is 9.59 Å². The first kappa shape index (κ1) is 19.9. The van der Waals surface area contributed by atoms with Gasteiger partial charge in [-0.3, -0.25) is 19.5 Å². The van der Waals surface area contributed by atoms with Gasteiger partial charge in [-0.25, -0.2) is 15.0 Å². The number of hydrogen-bond donors (Lipinski definition) is 1. The molecule has 0 aliphatic carbocycles. The molecule has 1 aliphatic rings. The normalized spacial score (nSPS) is 19.5. The summed E-state index contributed by atoms with van der Waals surface area (Å²) in [6.07, 6.45) is 5.06. The smallest absolute Gasteiger partial charge is 0.231 e. The average molecular weight is 398 g/mol. The first-order chi connectivity index (χ1) is 13.3. The molecular formula is C19H22N6O2S. The lowest BCUT2D eigenvalue weighted by Crippen LogP contribution is -2.47. The standard InChI is InChI=1S/C19H22N6O2S/c1-4-28-16-11-22-13(10-23-16)14(26)7-12-5-6-21-15(8-12)19(2)9-17(27)25(3)18(20)24-19/h5-6,8,10-11H,4,7,9H2,1-3H3,(H2,20,24). The summed E-state index contributed by atoms with van der Waals surface area (Å²) in [5.74, 6) is 0.789. The number of Topliss-reactive ketones (excluding diaryl/α,β-unsaturated/α-hetero) is 1. The van der Waals surface area contributed by atoms with Crippen LogP contribution in [0.25, 0.3) is 0 Å². The van der Waals surface area contributed by atoms with Gasteiger partial charge in [0.2, 0.25) is 5.91 Å². The molecule has 1 atom stereocenters. The van der Waals surface area contributed by atoms with Crippen LogP contribution < -0.4 is 5.73 Å². The molecule has 2 aromatic rings. The Morgan fingerprint density at radius 1 is 1.32 bits per heavy atom. The molecule has 28 heavy (non-hydrogen) atoms. The predicted octanol–water partition coefficient (Wildman–Crippen LogP) is 1.80. The number of thioether (sulfide) groups is 1. The van der Waals surface area contributed by atoms with Gasteiger partial charge in [-0.1, -0.05) is 6.92 Å². The molecule has 2 N–H and O–H groups in total. The molecule has 0 saturated carbocycles. The van der Waals surface area contributed by atoms with E-state index < -0.39 is 5.54 Å². The monoisotopic (exact) mass is 398 g/mol. The second kappa shape index (κ2) is 8.05. The van der Waals surface area contributed by atoms with Crippen LogP contribution in [0.4, 0.5) is 0 Å². The molecule has 3 rings (SSSR count). The fourth-order valence-corrected chi connectivity index (χ4v) is 3.44. The van der Waals surface area contributed by atoms with Gasteiger partial charge in [0.05, 0.1) is 24.5 Å². The number of carbonyl (C=O) groups excluding carboxylic acids is 2. The van der Waals surface area contributed by atoms with Gasteiger partial charge in [0.1, 0.15) is 16.3 Å². The number of amides is 1. The third-order valence-electron chi connectivity index (χ3n) is 4.52. The van der Waals surface area contributed by atoms with E-state index in [1.807, 2.05) is 13.8 Å². The lowest BCUT2D eigenvalue weighted by atomic mass is 9.90. The Labute approximate surface area is 167 Å². The van der Waals surface area contributed by atoms with E-state index in [1.165, 1.54) is 11.1 Å². The lowest BCUT2D eigenvalue weighted by molar-refractivity contribution is -0.128. The van der Waals surface area contributed by atoms with Crippen molar-refractivity contribution < 1.29 is 9.59 Å². The van der Waals surface area contributed by atoms with Crippen LogP contribution in [0.5, 0.6) is 0 Å². The maximum atomic E-state index is 12.6. The van der Waals surface area contributed by atoms with Gasteiger partial charge in [-0.05, 0) is 30.4 Å². The number of nitrogens with zero attached hydrogens (tertiary/aromatic N) is 5. The maximum absolute atomic E-state index is 12.6. The second-order valence-electron chi connectivity index (χ2n) is 6.70. The van der Waals surface area contributed by atoms with E-state index >= 15 is 0 Å². The Morgan fingerprint density at radius 2 is 2.11 bits per heavy atom. The minimum Gasteiger partial charge on any atom is -0.369 e. The van der Waals surface area contributed by atoms with Gasteiger partial charge in [-0.2, -0.15) is 0 Å². The van der Waals surface area contributed by atoms with Crippen molar-refractivity contribution in [2.75, 3.05) is 12.8 Å². The minimum absolute atomic E-state index is 0.126. The molecule has 0 spiro atoms. The van der Waals surface area contributed by atoms with E-state index in [0.717, 1.165) is 16.3 Å². The highest BCUT2D eigenvalue weighted by molar-refractivity contribution is 7.99. The third kappa shape index (κ3) is 4.19. The fourth-order valence-electron chi connectivity index (χ4n) is 2.89. The summed E-state index contributed by atoms with van der Waals surface area (Å²) < 4.78 is 0. The average Bonchev–Trinajstić information content (AvgIpc) is 2.67. The Kier molecular flexibility index (Phi) is 5.73. The van der Waals surface area contributed by atoms with Crippen molar-refractivity contribution >= 4 is 29.4 Å². The summed E-state index contributed by atoms with van der Waals surface area (Å²) in [5.41, 5.74) is 6.70. The predicted molar refractivity (Wildman–Crippen MR) is 107 cm³/mol. The molecule has 1 aliphatic heterocycles. The Balaban J connectivity index is 1.80. The molecule has 9 heteroatoms. The molecule has 8 nitrogen and oxygen atoms in total. The molecule has 146 valence electrons. The topological polar surface area (TPSA) is 114 Å². The fraction of sp³-hybridized carbons (Fsp3) is 0.368. The molecule has 0 bridgehead atoms. The van der Waals surface area contributed by atoms with Gasteiger partial charge in [0.15, 0.2) is 11.7 Å². The minimum atomic E-state index is -0.856. The van der Waals surface area contributed by atoms with E-state index in [0.29, 0.717) is 11.4 Å². The van der Waals surface area contributed by atoms with E-state index in [2.05, 4.69) is 19.9 Å². The molecule has 2 aromatic heterocycles. The molecule has 0 fully saturated rings. The first-order valence-electron chi connectivity index (χ1n) is 8.87. The zero-order chi connectivity index (χ0) is 20.3. The van der Waals surface area contributed by atoms with Crippen molar-refractivity contribution in [2.24, 2.45) is 10.7 Å². The number of rotatable bonds is 6. The van der Waals surface area contributed by atoms with Crippen molar-refractivity contribution in [1.82, 2.24) is 19.9 Å². The molecule has 3 heterocycles. The Bertz CT molecular complexity index is 930. The Morgan fingerprint density at radius 3 is 2.75 bits per heavy atom. The van der Waals surface area contributed by atoms with E-state index in [-0.39, 0.29) is 30.5 Å². The quantitative estimate of drug-likeness (QED) is 0.583. The highest BCUT2D eigenvalue weighted by Gasteiger charge is 2.37. The van der Waals surface area contributed by atoms with Crippen LogP contribution in [0, 0.1) is 0 Å². The molecule has 1 unspecified atom stereocenters. The number of ketones is 1. The van der Waals surface area contributed by atoms with E-state index in [4.69, 9.17) is 5.73 Å². The Hall–Kier alpha value is -2.81. The highest BCUT2D eigenvalue weighted by Crippen LogP contribution is 2.31. The summed E-state index contributed by atoms with van der Waals surface area (Å²) in [4.78, 5) is 43.3. The lowest BCUT2D eigenvalue weighted by Gasteiger charge is -2.32. The van der Waals surface area contributed by atoms with Gasteiger partial charge in [0, 0.05) is 19.7 Å². The summed E-state index contributed by atoms with van der Waals surface area (Å²) >= 11 is 1.57. The summed E-state index contributed by atoms with van der Waals surface area (Å²) in [6, 6.07) is 3.56. The molecule has 0 saturated heterocycles. The highest BCUT2D eigenvalue weighted by atomic mass is 32.2. The van der Waals surface area contributed by atoms with Crippen LogP contribution in [0.1, 0.15) is 42.0 Å². The van der Waals surface area contributed by atoms with Crippen LogP contribution in [0.15, 0.2) is 40.7 Å². The number of nitrogens with two attached hydrogens (primary N) is 1. The van der Waals surface area contributed by atoms with Gasteiger partial charge >= 0.3 is 0 Å². The first-order valence-corrected chi connectivity index (χ1v) is 9.86. The van der Waals surface area contributed by atoms with Gasteiger partial charge in [0.25, 0.3) is 0 Å². The van der Waals surface area contributed by atoms with Crippen LogP contribution in [-0.4, -0.2) is 50.3 Å². The summed E-state index contributed by atoms with van der Waals surface area (Å²) in [5, 5.41) is 0.792. The van der Waals surface area contributed by atoms with Crippen LogP contribution in [-0.2, 0) is 16.8 Å². The largest absolute Gasteiger partial charge is 0.369 e.